The quantitative estimate of drug-likeness (QED) is 0.219. The second-order valence-electron chi connectivity index (χ2n) is 8.64. The normalized spacial score (nSPS) is 24.1. The molecule has 2 aromatic rings. The Morgan fingerprint density at radius 3 is 2.08 bits per heavy atom. The van der Waals surface area contributed by atoms with E-state index in [2.05, 4.69) is 15.9 Å². The fourth-order valence-electron chi connectivity index (χ4n) is 4.27. The van der Waals surface area contributed by atoms with Crippen LogP contribution >= 0.6 is 38.9 Å². The topological polar surface area (TPSA) is 141 Å². The van der Waals surface area contributed by atoms with Gasteiger partial charge in [-0.25, -0.2) is 0 Å². The number of ether oxygens (including phenoxy) is 6. The van der Waals surface area contributed by atoms with Crippen molar-refractivity contribution in [2.45, 2.75) is 57.9 Å². The molecule has 0 spiro atoms. The number of hydrogen-bond acceptors (Lipinski definition) is 12. The molecule has 2 heterocycles. The van der Waals surface area contributed by atoms with Crippen molar-refractivity contribution < 1.29 is 52.4 Å². The van der Waals surface area contributed by atoms with Crippen LogP contribution in [0.25, 0.3) is 0 Å². The van der Waals surface area contributed by atoms with Gasteiger partial charge in [-0.05, 0) is 40.2 Å². The summed E-state index contributed by atoms with van der Waals surface area (Å²) >= 11 is 10.9. The summed E-state index contributed by atoms with van der Waals surface area (Å²) in [5.74, 6) is -5.50. The molecule has 1 fully saturated rings. The molecule has 1 aromatic carbocycles. The highest BCUT2D eigenvalue weighted by molar-refractivity contribution is 9.11. The van der Waals surface area contributed by atoms with Crippen LogP contribution in [0.3, 0.4) is 0 Å². The summed E-state index contributed by atoms with van der Waals surface area (Å²) < 4.78 is 34.5. The summed E-state index contributed by atoms with van der Waals surface area (Å²) in [6, 6.07) is 7.65. The molecule has 1 saturated heterocycles. The second kappa shape index (κ2) is 13.2. The zero-order valence-electron chi connectivity index (χ0n) is 22.1. The van der Waals surface area contributed by atoms with Crippen molar-refractivity contribution in [1.29, 1.82) is 0 Å². The highest BCUT2D eigenvalue weighted by Gasteiger charge is 2.61. The Labute approximate surface area is 247 Å². The molecule has 1 aliphatic heterocycles. The summed E-state index contributed by atoms with van der Waals surface area (Å²) in [4.78, 5) is 61.9. The van der Waals surface area contributed by atoms with E-state index in [1.54, 1.807) is 12.1 Å². The number of carbonyl (C=O) groups excluding carboxylic acids is 5. The number of carbonyl (C=O) groups is 5. The van der Waals surface area contributed by atoms with Crippen LogP contribution in [0.4, 0.5) is 0 Å². The third-order valence-corrected chi connectivity index (χ3v) is 7.70. The predicted octanol–water partition coefficient (Wildman–Crippen LogP) is 3.95. The van der Waals surface area contributed by atoms with Gasteiger partial charge in [-0.2, -0.15) is 0 Å². The number of esters is 4. The van der Waals surface area contributed by atoms with Crippen LogP contribution in [-0.4, -0.2) is 67.8 Å². The molecule has 0 N–H and O–H groups in total. The van der Waals surface area contributed by atoms with Crippen LogP contribution in [0.2, 0.25) is 5.02 Å². The maximum atomic E-state index is 13.3. The van der Waals surface area contributed by atoms with Gasteiger partial charge in [0.25, 0.3) is 0 Å². The third kappa shape index (κ3) is 7.07. The SMILES string of the molecule is COC1(c2ccc(Cl)c(C(=O)c3ccc(Br)s3)c2)O[C@H](COC(C)=O)[C@@H](OC(C)=O)[C@H](OC(C)=O)[C@H]1OC(C)=O. The zero-order chi connectivity index (χ0) is 29.8. The number of thiophene rings is 1. The molecule has 0 aliphatic carbocycles. The molecule has 40 heavy (non-hydrogen) atoms. The molecule has 14 heteroatoms. The van der Waals surface area contributed by atoms with E-state index in [4.69, 9.17) is 40.0 Å². The molecule has 5 atom stereocenters. The second-order valence-corrected chi connectivity index (χ2v) is 11.5. The minimum Gasteiger partial charge on any atom is -0.463 e. The molecule has 3 rings (SSSR count). The van der Waals surface area contributed by atoms with Crippen molar-refractivity contribution in [3.05, 3.63) is 55.1 Å². The number of methoxy groups -OCH3 is 1. The average Bonchev–Trinajstić information content (AvgIpc) is 3.31. The molecule has 11 nitrogen and oxygen atoms in total. The van der Waals surface area contributed by atoms with E-state index in [1.165, 1.54) is 43.6 Å². The largest absolute Gasteiger partial charge is 0.463 e. The number of ketones is 1. The van der Waals surface area contributed by atoms with Crippen LogP contribution < -0.4 is 0 Å². The standard InChI is InChI=1S/C26H26BrClO11S/c1-12(29)35-11-19-23(36-13(2)30)24(37-14(3)31)25(38-15(4)32)26(34-5,39-19)16-6-7-18(28)17(10-16)22(33)20-8-9-21(27)40-20/h6-10,19,23-25H,11H2,1-5H3/t19-,23-,24+,25-,26?/m1/s1. The number of halogens is 2. The van der Waals surface area contributed by atoms with Crippen molar-refractivity contribution in [3.8, 4) is 0 Å². The van der Waals surface area contributed by atoms with Gasteiger partial charge in [0, 0.05) is 45.9 Å². The molecule has 216 valence electrons. The van der Waals surface area contributed by atoms with Gasteiger partial charge in [0.15, 0.2) is 12.2 Å². The van der Waals surface area contributed by atoms with Gasteiger partial charge in [0.05, 0.1) is 13.7 Å². The molecule has 1 unspecified atom stereocenters. The predicted molar refractivity (Wildman–Crippen MR) is 144 cm³/mol. The van der Waals surface area contributed by atoms with Gasteiger partial charge in [-0.3, -0.25) is 24.0 Å². The van der Waals surface area contributed by atoms with Crippen LogP contribution in [0.5, 0.6) is 0 Å². The van der Waals surface area contributed by atoms with Crippen LogP contribution in [0.1, 0.15) is 48.5 Å². The maximum Gasteiger partial charge on any atom is 0.303 e. The van der Waals surface area contributed by atoms with Gasteiger partial charge in [-0.1, -0.05) is 17.7 Å². The fourth-order valence-corrected chi connectivity index (χ4v) is 5.81. The first-order valence-corrected chi connectivity index (χ1v) is 13.8. The van der Waals surface area contributed by atoms with E-state index in [-0.39, 0.29) is 16.1 Å². The minimum absolute atomic E-state index is 0.0813. The molecular weight excluding hydrogens is 636 g/mol. The molecule has 0 saturated carbocycles. The molecule has 0 radical (unpaired) electrons. The molecule has 1 aliphatic rings. The van der Waals surface area contributed by atoms with Gasteiger partial charge < -0.3 is 28.4 Å². The van der Waals surface area contributed by atoms with Crippen molar-refractivity contribution in [1.82, 2.24) is 0 Å². The average molecular weight is 662 g/mol. The van der Waals surface area contributed by atoms with Crippen molar-refractivity contribution in [2.24, 2.45) is 0 Å². The van der Waals surface area contributed by atoms with E-state index in [0.717, 1.165) is 24.6 Å². The Bertz CT molecular complexity index is 1310. The van der Waals surface area contributed by atoms with Gasteiger partial charge >= 0.3 is 23.9 Å². The molecule has 1 aromatic heterocycles. The lowest BCUT2D eigenvalue weighted by Crippen LogP contribution is -2.67. The number of rotatable bonds is 9. The third-order valence-electron chi connectivity index (χ3n) is 5.75. The van der Waals surface area contributed by atoms with Crippen molar-refractivity contribution in [2.75, 3.05) is 13.7 Å². The van der Waals surface area contributed by atoms with Crippen molar-refractivity contribution >= 4 is 68.5 Å². The van der Waals surface area contributed by atoms with E-state index < -0.39 is 66.5 Å². The first kappa shape index (κ1) is 31.7. The fraction of sp³-hybridized carbons (Fsp3) is 0.423. The smallest absolute Gasteiger partial charge is 0.303 e. The van der Waals surface area contributed by atoms with Gasteiger partial charge in [-0.15, -0.1) is 11.3 Å². The highest BCUT2D eigenvalue weighted by atomic mass is 79.9. The zero-order valence-corrected chi connectivity index (χ0v) is 25.2. The highest BCUT2D eigenvalue weighted by Crippen LogP contribution is 2.44. The Morgan fingerprint density at radius 2 is 1.55 bits per heavy atom. The summed E-state index contributed by atoms with van der Waals surface area (Å²) in [5, 5.41) is 0.121. The van der Waals surface area contributed by atoms with Gasteiger partial charge in [0.2, 0.25) is 17.7 Å². The van der Waals surface area contributed by atoms with E-state index >= 15 is 0 Å². The molecule has 0 bridgehead atoms. The minimum atomic E-state index is -2.05. The Hall–Kier alpha value is -2.84. The monoisotopic (exact) mass is 660 g/mol. The first-order chi connectivity index (χ1) is 18.8. The molecule has 0 amide bonds. The summed E-state index contributed by atoms with van der Waals surface area (Å²) in [7, 11) is 1.24. The molecular formula is C26H26BrClO11S. The number of benzene rings is 1. The Morgan fingerprint density at radius 1 is 0.925 bits per heavy atom. The maximum absolute atomic E-state index is 13.3. The van der Waals surface area contributed by atoms with Gasteiger partial charge in [0.1, 0.15) is 12.7 Å². The van der Waals surface area contributed by atoms with Crippen LogP contribution in [0.15, 0.2) is 34.1 Å². The summed E-state index contributed by atoms with van der Waals surface area (Å²) in [6.07, 6.45) is -5.70. The summed E-state index contributed by atoms with van der Waals surface area (Å²) in [6.45, 7) is 4.05. The lowest BCUT2D eigenvalue weighted by Gasteiger charge is -2.50. The van der Waals surface area contributed by atoms with Crippen LogP contribution in [-0.2, 0) is 53.4 Å². The van der Waals surface area contributed by atoms with E-state index in [9.17, 15) is 24.0 Å². The lowest BCUT2D eigenvalue weighted by molar-refractivity contribution is -0.367. The van der Waals surface area contributed by atoms with E-state index in [1.807, 2.05) is 0 Å². The Kier molecular flexibility index (Phi) is 10.5. The van der Waals surface area contributed by atoms with Crippen molar-refractivity contribution in [3.63, 3.8) is 0 Å². The Balaban J connectivity index is 2.24. The summed E-state index contributed by atoms with van der Waals surface area (Å²) in [5.41, 5.74) is 0.230. The van der Waals surface area contributed by atoms with E-state index in [0.29, 0.717) is 4.88 Å². The van der Waals surface area contributed by atoms with Crippen LogP contribution in [0, 0.1) is 0 Å². The lowest BCUT2D eigenvalue weighted by atomic mass is 9.86. The number of hydrogen-bond donors (Lipinski definition) is 0. The first-order valence-electron chi connectivity index (χ1n) is 11.8.